The Kier molecular flexibility index (Phi) is 4.87. The van der Waals surface area contributed by atoms with Crippen molar-refractivity contribution in [3.05, 3.63) is 69.9 Å². The molecular weight excluding hydrogens is 325 g/mol. The number of aliphatic hydroxyl groups excluding tert-OH is 1. The molecule has 5 heteroatoms. The minimum Gasteiger partial charge on any atom is -0.394 e. The molecule has 0 saturated heterocycles. The maximum absolute atomic E-state index is 13.3. The fourth-order valence-electron chi connectivity index (χ4n) is 1.85. The molecule has 0 radical (unpaired) electrons. The third kappa shape index (κ3) is 3.65. The molecule has 1 amide bonds. The van der Waals surface area contributed by atoms with Gasteiger partial charge >= 0.3 is 0 Å². The summed E-state index contributed by atoms with van der Waals surface area (Å²) in [5, 5.41) is 12.1. The number of amides is 1. The van der Waals surface area contributed by atoms with Crippen LogP contribution in [0.25, 0.3) is 0 Å². The van der Waals surface area contributed by atoms with Crippen molar-refractivity contribution in [1.29, 1.82) is 0 Å². The number of rotatable bonds is 4. The number of halogens is 2. The molecule has 2 aromatic rings. The lowest BCUT2D eigenvalue weighted by Gasteiger charge is -2.16. The molecule has 0 heterocycles. The molecule has 0 spiro atoms. The molecule has 3 nitrogen and oxygen atoms in total. The SMILES string of the molecule is O=C(N[C@H](CO)c1ccccc1)c1cc(F)cc(Br)c1. The summed E-state index contributed by atoms with van der Waals surface area (Å²) in [4.78, 5) is 12.1. The topological polar surface area (TPSA) is 49.3 Å². The summed E-state index contributed by atoms with van der Waals surface area (Å²) >= 11 is 3.14. The predicted octanol–water partition coefficient (Wildman–Crippen LogP) is 3.05. The molecule has 2 aromatic carbocycles. The van der Waals surface area contributed by atoms with Gasteiger partial charge in [-0.2, -0.15) is 0 Å². The molecule has 104 valence electrons. The van der Waals surface area contributed by atoms with Crippen LogP contribution in [0, 0.1) is 5.82 Å². The Labute approximate surface area is 124 Å². The second-order valence-corrected chi connectivity index (χ2v) is 5.19. The van der Waals surface area contributed by atoms with E-state index < -0.39 is 17.8 Å². The number of carbonyl (C=O) groups excluding carboxylic acids is 1. The summed E-state index contributed by atoms with van der Waals surface area (Å²) in [5.74, 6) is -0.933. The molecule has 0 unspecified atom stereocenters. The van der Waals surface area contributed by atoms with Crippen LogP contribution in [0.1, 0.15) is 22.0 Å². The van der Waals surface area contributed by atoms with Crippen LogP contribution in [0.5, 0.6) is 0 Å². The highest BCUT2D eigenvalue weighted by atomic mass is 79.9. The van der Waals surface area contributed by atoms with Crippen LogP contribution < -0.4 is 5.32 Å². The van der Waals surface area contributed by atoms with Crippen molar-refractivity contribution in [3.8, 4) is 0 Å². The zero-order valence-corrected chi connectivity index (χ0v) is 12.1. The molecular formula is C15H13BrFNO2. The quantitative estimate of drug-likeness (QED) is 0.900. The largest absolute Gasteiger partial charge is 0.394 e. The summed E-state index contributed by atoms with van der Waals surface area (Å²) in [5.41, 5.74) is 0.991. The van der Waals surface area contributed by atoms with Gasteiger partial charge in [-0.1, -0.05) is 46.3 Å². The second-order valence-electron chi connectivity index (χ2n) is 4.28. The van der Waals surface area contributed by atoms with Gasteiger partial charge in [-0.25, -0.2) is 4.39 Å². The molecule has 0 bridgehead atoms. The first kappa shape index (κ1) is 14.7. The molecule has 1 atom stereocenters. The molecule has 2 rings (SSSR count). The molecule has 0 aliphatic heterocycles. The van der Waals surface area contributed by atoms with Crippen LogP contribution in [-0.2, 0) is 0 Å². The summed E-state index contributed by atoms with van der Waals surface area (Å²) < 4.78 is 13.8. The summed E-state index contributed by atoms with van der Waals surface area (Å²) in [6.07, 6.45) is 0. The number of hydrogen-bond donors (Lipinski definition) is 2. The first-order valence-corrected chi connectivity index (χ1v) is 6.82. The van der Waals surface area contributed by atoms with Crippen molar-refractivity contribution in [2.45, 2.75) is 6.04 Å². The van der Waals surface area contributed by atoms with Gasteiger partial charge < -0.3 is 10.4 Å². The monoisotopic (exact) mass is 337 g/mol. The number of nitrogens with one attached hydrogen (secondary N) is 1. The molecule has 0 aromatic heterocycles. The number of hydrogen-bond acceptors (Lipinski definition) is 2. The van der Waals surface area contributed by atoms with E-state index in [0.29, 0.717) is 4.47 Å². The van der Waals surface area contributed by atoms with Crippen LogP contribution in [0.15, 0.2) is 53.0 Å². The average Bonchev–Trinajstić information content (AvgIpc) is 2.44. The van der Waals surface area contributed by atoms with Crippen LogP contribution in [0.2, 0.25) is 0 Å². The van der Waals surface area contributed by atoms with Crippen molar-refractivity contribution >= 4 is 21.8 Å². The zero-order valence-electron chi connectivity index (χ0n) is 10.5. The fourth-order valence-corrected chi connectivity index (χ4v) is 2.31. The van der Waals surface area contributed by atoms with Gasteiger partial charge in [-0.15, -0.1) is 0 Å². The Hall–Kier alpha value is -1.72. The molecule has 0 aliphatic rings. The highest BCUT2D eigenvalue weighted by Gasteiger charge is 2.15. The third-order valence-corrected chi connectivity index (χ3v) is 3.27. The van der Waals surface area contributed by atoms with E-state index in [9.17, 15) is 14.3 Å². The standard InChI is InChI=1S/C15H13BrFNO2/c16-12-6-11(7-13(17)8-12)15(20)18-14(9-19)10-4-2-1-3-5-10/h1-8,14,19H,9H2,(H,18,20)/t14-/m1/s1. The summed E-state index contributed by atoms with van der Waals surface area (Å²) in [6, 6.07) is 12.5. The Bertz CT molecular complexity index is 584. The molecule has 20 heavy (non-hydrogen) atoms. The van der Waals surface area contributed by atoms with E-state index in [0.717, 1.165) is 11.6 Å². The van der Waals surface area contributed by atoms with Gasteiger partial charge in [0.05, 0.1) is 12.6 Å². The van der Waals surface area contributed by atoms with Gasteiger partial charge in [0.1, 0.15) is 5.82 Å². The van der Waals surface area contributed by atoms with Crippen LogP contribution in [-0.4, -0.2) is 17.6 Å². The van der Waals surface area contributed by atoms with E-state index in [1.54, 1.807) is 0 Å². The molecule has 2 N–H and O–H groups in total. The van der Waals surface area contributed by atoms with Crippen molar-refractivity contribution < 1.29 is 14.3 Å². The van der Waals surface area contributed by atoms with Gasteiger partial charge in [-0.05, 0) is 23.8 Å². The average molecular weight is 338 g/mol. The van der Waals surface area contributed by atoms with Gasteiger partial charge in [0.15, 0.2) is 0 Å². The first-order valence-electron chi connectivity index (χ1n) is 6.03. The number of carbonyl (C=O) groups is 1. The highest BCUT2D eigenvalue weighted by molar-refractivity contribution is 9.10. The first-order chi connectivity index (χ1) is 9.60. The number of aliphatic hydroxyl groups is 1. The third-order valence-electron chi connectivity index (χ3n) is 2.81. The Morgan fingerprint density at radius 3 is 2.55 bits per heavy atom. The minimum absolute atomic E-state index is 0.200. The minimum atomic E-state index is -0.522. The fraction of sp³-hybridized carbons (Fsp3) is 0.133. The van der Waals surface area contributed by atoms with Gasteiger partial charge in [0, 0.05) is 10.0 Å². The smallest absolute Gasteiger partial charge is 0.251 e. The van der Waals surface area contributed by atoms with Gasteiger partial charge in [-0.3, -0.25) is 4.79 Å². The molecule has 0 fully saturated rings. The van der Waals surface area contributed by atoms with Crippen LogP contribution in [0.4, 0.5) is 4.39 Å². The Morgan fingerprint density at radius 2 is 1.95 bits per heavy atom. The van der Waals surface area contributed by atoms with Crippen molar-refractivity contribution in [2.24, 2.45) is 0 Å². The van der Waals surface area contributed by atoms with E-state index in [1.807, 2.05) is 30.3 Å². The van der Waals surface area contributed by atoms with E-state index in [2.05, 4.69) is 21.2 Å². The lowest BCUT2D eigenvalue weighted by molar-refractivity contribution is 0.0915. The zero-order chi connectivity index (χ0) is 14.5. The molecule has 0 aliphatic carbocycles. The maximum atomic E-state index is 13.3. The van der Waals surface area contributed by atoms with E-state index >= 15 is 0 Å². The van der Waals surface area contributed by atoms with Crippen molar-refractivity contribution in [2.75, 3.05) is 6.61 Å². The van der Waals surface area contributed by atoms with E-state index in [-0.39, 0.29) is 12.2 Å². The Balaban J connectivity index is 2.17. The summed E-state index contributed by atoms with van der Waals surface area (Å²) in [6.45, 7) is -0.230. The van der Waals surface area contributed by atoms with Crippen LogP contribution >= 0.6 is 15.9 Å². The molecule has 0 saturated carbocycles. The summed E-state index contributed by atoms with van der Waals surface area (Å²) in [7, 11) is 0. The van der Waals surface area contributed by atoms with Gasteiger partial charge in [0.2, 0.25) is 0 Å². The lowest BCUT2D eigenvalue weighted by atomic mass is 10.1. The second kappa shape index (κ2) is 6.63. The highest BCUT2D eigenvalue weighted by Crippen LogP contribution is 2.17. The van der Waals surface area contributed by atoms with E-state index in [1.165, 1.54) is 12.1 Å². The van der Waals surface area contributed by atoms with Crippen LogP contribution in [0.3, 0.4) is 0 Å². The number of benzene rings is 2. The van der Waals surface area contributed by atoms with E-state index in [4.69, 9.17) is 0 Å². The maximum Gasteiger partial charge on any atom is 0.251 e. The van der Waals surface area contributed by atoms with Crippen molar-refractivity contribution in [1.82, 2.24) is 5.32 Å². The van der Waals surface area contributed by atoms with Gasteiger partial charge in [0.25, 0.3) is 5.91 Å². The Morgan fingerprint density at radius 1 is 1.25 bits per heavy atom. The van der Waals surface area contributed by atoms with Crippen molar-refractivity contribution in [3.63, 3.8) is 0 Å². The normalized spacial score (nSPS) is 11.9. The lowest BCUT2D eigenvalue weighted by Crippen LogP contribution is -2.30. The predicted molar refractivity (Wildman–Crippen MR) is 77.8 cm³/mol.